The van der Waals surface area contributed by atoms with Crippen LogP contribution in [0.15, 0.2) is 63.0 Å². The summed E-state index contributed by atoms with van der Waals surface area (Å²) in [6.45, 7) is 7.47. The normalized spacial score (nSPS) is 11.3. The Hall–Kier alpha value is -4.46. The molecular formula is C26H23N3O5. The Morgan fingerprint density at radius 1 is 1.03 bits per heavy atom. The van der Waals surface area contributed by atoms with Crippen molar-refractivity contribution in [3.63, 3.8) is 0 Å². The van der Waals surface area contributed by atoms with Crippen LogP contribution in [0.3, 0.4) is 0 Å². The second kappa shape index (κ2) is 8.82. The molecule has 0 unspecified atom stereocenters. The maximum atomic E-state index is 12.8. The fourth-order valence-corrected chi connectivity index (χ4v) is 4.04. The van der Waals surface area contributed by atoms with Gasteiger partial charge in [-0.2, -0.15) is 5.10 Å². The predicted molar refractivity (Wildman–Crippen MR) is 129 cm³/mol. The molecule has 8 heteroatoms. The molecule has 0 saturated carbocycles. The number of hydrogen-bond acceptors (Lipinski definition) is 5. The highest BCUT2D eigenvalue weighted by Gasteiger charge is 2.17. The van der Waals surface area contributed by atoms with E-state index in [-0.39, 0.29) is 22.1 Å². The summed E-state index contributed by atoms with van der Waals surface area (Å²) in [6.07, 6.45) is 2.53. The highest BCUT2D eigenvalue weighted by molar-refractivity contribution is 5.99. The second-order valence-corrected chi connectivity index (χ2v) is 8.16. The van der Waals surface area contributed by atoms with Crippen LogP contribution in [0, 0.1) is 27.7 Å². The zero-order valence-electron chi connectivity index (χ0n) is 19.2. The number of nitrogens with zero attached hydrogens (tertiary/aromatic N) is 2. The number of hydrogen-bond donors (Lipinski definition) is 2. The van der Waals surface area contributed by atoms with Crippen LogP contribution in [0.25, 0.3) is 16.7 Å². The number of hydrazone groups is 1. The van der Waals surface area contributed by atoms with Crippen molar-refractivity contribution in [3.8, 4) is 5.69 Å². The lowest BCUT2D eigenvalue weighted by Gasteiger charge is -2.14. The molecule has 0 aliphatic heterocycles. The third-order valence-electron chi connectivity index (χ3n) is 5.62. The fraction of sp³-hybridized carbons (Fsp3) is 0.154. The van der Waals surface area contributed by atoms with Gasteiger partial charge in [-0.15, -0.1) is 0 Å². The molecule has 0 radical (unpaired) electrons. The molecule has 0 atom stereocenters. The van der Waals surface area contributed by atoms with Crippen LogP contribution in [0.5, 0.6) is 0 Å². The quantitative estimate of drug-likeness (QED) is 0.343. The summed E-state index contributed by atoms with van der Waals surface area (Å²) < 4.78 is 7.35. The Kier molecular flexibility index (Phi) is 5.89. The number of benzene rings is 2. The Balaban J connectivity index is 1.63. The zero-order valence-corrected chi connectivity index (χ0v) is 19.2. The van der Waals surface area contributed by atoms with Gasteiger partial charge in [0.15, 0.2) is 0 Å². The summed E-state index contributed by atoms with van der Waals surface area (Å²) in [6, 6.07) is 11.7. The highest BCUT2D eigenvalue weighted by Crippen LogP contribution is 2.22. The molecule has 2 aromatic heterocycles. The summed E-state index contributed by atoms with van der Waals surface area (Å²) in [5.41, 5.74) is 6.96. The molecule has 2 aromatic carbocycles. The van der Waals surface area contributed by atoms with Crippen LogP contribution in [0.4, 0.5) is 0 Å². The molecule has 8 nitrogen and oxygen atoms in total. The average molecular weight is 457 g/mol. The lowest BCUT2D eigenvalue weighted by atomic mass is 10.1. The number of carboxylic acids is 1. The maximum Gasteiger partial charge on any atom is 0.337 e. The number of aryl methyl sites for hydroxylation is 4. The first kappa shape index (κ1) is 22.7. The summed E-state index contributed by atoms with van der Waals surface area (Å²) >= 11 is 0. The van der Waals surface area contributed by atoms with Crippen molar-refractivity contribution < 1.29 is 19.1 Å². The van der Waals surface area contributed by atoms with Gasteiger partial charge in [0.25, 0.3) is 5.91 Å². The van der Waals surface area contributed by atoms with E-state index < -0.39 is 11.9 Å². The van der Waals surface area contributed by atoms with E-state index in [2.05, 4.69) is 10.5 Å². The number of carbonyl (C=O) groups excluding carboxylic acids is 1. The van der Waals surface area contributed by atoms with E-state index in [0.29, 0.717) is 16.7 Å². The molecular weight excluding hydrogens is 434 g/mol. The van der Waals surface area contributed by atoms with Gasteiger partial charge in [-0.1, -0.05) is 6.07 Å². The van der Waals surface area contributed by atoms with Crippen LogP contribution in [0.1, 0.15) is 48.8 Å². The minimum absolute atomic E-state index is 0.0711. The van der Waals surface area contributed by atoms with Crippen LogP contribution in [-0.2, 0) is 0 Å². The topological polar surface area (TPSA) is 114 Å². The number of aromatic nitrogens is 1. The van der Waals surface area contributed by atoms with E-state index in [1.54, 1.807) is 10.6 Å². The van der Waals surface area contributed by atoms with E-state index in [4.69, 9.17) is 4.42 Å². The van der Waals surface area contributed by atoms with E-state index in [1.807, 2.05) is 45.9 Å². The number of carboxylic acid groups (broad SMARTS) is 1. The van der Waals surface area contributed by atoms with Crippen LogP contribution in [-0.4, -0.2) is 27.8 Å². The Morgan fingerprint density at radius 3 is 2.41 bits per heavy atom. The molecule has 0 fully saturated rings. The molecule has 34 heavy (non-hydrogen) atoms. The number of fused-ring (bicyclic) bond motifs is 1. The Labute approximate surface area is 195 Å². The van der Waals surface area contributed by atoms with Crippen LogP contribution in [0.2, 0.25) is 0 Å². The molecule has 0 aliphatic rings. The van der Waals surface area contributed by atoms with Gasteiger partial charge in [-0.25, -0.2) is 10.2 Å². The van der Waals surface area contributed by atoms with Gasteiger partial charge in [0.2, 0.25) is 5.43 Å². The predicted octanol–water partition coefficient (Wildman–Crippen LogP) is 4.28. The van der Waals surface area contributed by atoms with Gasteiger partial charge in [0.1, 0.15) is 11.8 Å². The summed E-state index contributed by atoms with van der Waals surface area (Å²) in [5.74, 6) is -1.64. The van der Waals surface area contributed by atoms with Crippen molar-refractivity contribution >= 4 is 29.1 Å². The van der Waals surface area contributed by atoms with Crippen molar-refractivity contribution in [1.29, 1.82) is 0 Å². The van der Waals surface area contributed by atoms with Crippen molar-refractivity contribution in [2.24, 2.45) is 5.10 Å². The largest absolute Gasteiger partial charge is 0.478 e. The molecule has 0 spiro atoms. The van der Waals surface area contributed by atoms with Gasteiger partial charge in [-0.05, 0) is 75.2 Å². The minimum atomic E-state index is -1.10. The van der Waals surface area contributed by atoms with Gasteiger partial charge < -0.3 is 14.1 Å². The standard InChI is InChI=1S/C26H23N3O5/c1-14-9-15(2)23-22(10-14)34-13-19(24(23)30)12-27-28-25(31)18-7-8-20(26(32)33)21(11-18)29-16(3)5-6-17(29)4/h5-13H,1-4H3,(H,28,31)(H,32,33)/b27-12+. The van der Waals surface area contributed by atoms with Crippen molar-refractivity contribution in [3.05, 3.63) is 98.2 Å². The monoisotopic (exact) mass is 457 g/mol. The molecule has 0 saturated heterocycles. The van der Waals surface area contributed by atoms with Gasteiger partial charge in [0.05, 0.1) is 28.4 Å². The first-order valence-corrected chi connectivity index (χ1v) is 10.6. The minimum Gasteiger partial charge on any atom is -0.478 e. The summed E-state index contributed by atoms with van der Waals surface area (Å²) in [7, 11) is 0. The van der Waals surface area contributed by atoms with E-state index >= 15 is 0 Å². The Bertz CT molecular complexity index is 1520. The molecule has 0 bridgehead atoms. The molecule has 4 rings (SSSR count). The number of nitrogens with one attached hydrogen (secondary N) is 1. The van der Waals surface area contributed by atoms with Crippen LogP contribution < -0.4 is 10.9 Å². The number of aromatic carboxylic acids is 1. The Morgan fingerprint density at radius 2 is 1.74 bits per heavy atom. The lowest BCUT2D eigenvalue weighted by molar-refractivity contribution is 0.0696. The molecule has 0 aliphatic carbocycles. The van der Waals surface area contributed by atoms with Gasteiger partial charge in [0, 0.05) is 17.0 Å². The summed E-state index contributed by atoms with van der Waals surface area (Å²) in [5, 5.41) is 14.0. The molecule has 4 aromatic rings. The zero-order chi connectivity index (χ0) is 24.6. The van der Waals surface area contributed by atoms with Crippen molar-refractivity contribution in [2.75, 3.05) is 0 Å². The highest BCUT2D eigenvalue weighted by atomic mass is 16.4. The van der Waals surface area contributed by atoms with Gasteiger partial charge in [-0.3, -0.25) is 9.59 Å². The van der Waals surface area contributed by atoms with Crippen molar-refractivity contribution in [1.82, 2.24) is 9.99 Å². The summed E-state index contributed by atoms with van der Waals surface area (Å²) in [4.78, 5) is 37.3. The number of amides is 1. The third-order valence-corrected chi connectivity index (χ3v) is 5.62. The smallest absolute Gasteiger partial charge is 0.337 e. The van der Waals surface area contributed by atoms with E-state index in [9.17, 15) is 19.5 Å². The van der Waals surface area contributed by atoms with Gasteiger partial charge >= 0.3 is 5.97 Å². The first-order chi connectivity index (χ1) is 16.2. The first-order valence-electron chi connectivity index (χ1n) is 10.6. The van der Waals surface area contributed by atoms with Crippen molar-refractivity contribution in [2.45, 2.75) is 27.7 Å². The molecule has 172 valence electrons. The molecule has 1 amide bonds. The third kappa shape index (κ3) is 4.13. The van der Waals surface area contributed by atoms with Crippen LogP contribution >= 0.6 is 0 Å². The maximum absolute atomic E-state index is 12.8. The van der Waals surface area contributed by atoms with E-state index in [0.717, 1.165) is 22.5 Å². The molecule has 2 N–H and O–H groups in total. The number of rotatable bonds is 5. The lowest BCUT2D eigenvalue weighted by Crippen LogP contribution is -2.20. The fourth-order valence-electron chi connectivity index (χ4n) is 4.04. The van der Waals surface area contributed by atoms with E-state index in [1.165, 1.54) is 30.7 Å². The second-order valence-electron chi connectivity index (χ2n) is 8.16. The number of carbonyl (C=O) groups is 2. The molecule has 2 heterocycles. The average Bonchev–Trinajstić information content (AvgIpc) is 3.12. The SMILES string of the molecule is Cc1cc(C)c2c(=O)c(/C=N/NC(=O)c3ccc(C(=O)O)c(-n4c(C)ccc4C)c3)coc2c1.